The molecule has 1 rings (SSSR count). The number of nitrogens with zero attached hydrogens (tertiary/aromatic N) is 2. The van der Waals surface area contributed by atoms with Crippen LogP contribution in [-0.4, -0.2) is 16.1 Å². The first kappa shape index (κ1) is 15.2. The summed E-state index contributed by atoms with van der Waals surface area (Å²) in [5.41, 5.74) is 0. The van der Waals surface area contributed by atoms with Crippen molar-refractivity contribution in [3.8, 4) is 0 Å². The third-order valence-corrected chi connectivity index (χ3v) is 3.41. The van der Waals surface area contributed by atoms with Crippen molar-refractivity contribution >= 4 is 0 Å². The van der Waals surface area contributed by atoms with Gasteiger partial charge in [0.2, 0.25) is 0 Å². The lowest BCUT2D eigenvalue weighted by atomic mass is 10.1. The second-order valence-corrected chi connectivity index (χ2v) is 5.11. The lowest BCUT2D eigenvalue weighted by Crippen LogP contribution is -2.24. The summed E-state index contributed by atoms with van der Waals surface area (Å²) >= 11 is 0. The zero-order valence-electron chi connectivity index (χ0n) is 12.3. The van der Waals surface area contributed by atoms with Crippen LogP contribution in [-0.2, 0) is 7.05 Å². The summed E-state index contributed by atoms with van der Waals surface area (Å²) in [6, 6.07) is 0.423. The van der Waals surface area contributed by atoms with Crippen LogP contribution in [0.2, 0.25) is 0 Å². The molecule has 1 atom stereocenters. The smallest absolute Gasteiger partial charge is 0.125 e. The Morgan fingerprint density at radius 2 is 1.94 bits per heavy atom. The number of hydrogen-bond donors (Lipinski definition) is 1. The second kappa shape index (κ2) is 9.15. The lowest BCUT2D eigenvalue weighted by Gasteiger charge is -2.18. The Balaban J connectivity index is 2.39. The van der Waals surface area contributed by atoms with E-state index in [1.807, 2.05) is 12.4 Å². The fraction of sp³-hybridized carbons (Fsp3) is 0.800. The Morgan fingerprint density at radius 3 is 2.56 bits per heavy atom. The van der Waals surface area contributed by atoms with Crippen molar-refractivity contribution in [3.63, 3.8) is 0 Å². The average Bonchev–Trinajstić information content (AvgIpc) is 2.79. The molecule has 0 bridgehead atoms. The summed E-state index contributed by atoms with van der Waals surface area (Å²) in [4.78, 5) is 4.48. The molecule has 0 saturated heterocycles. The molecule has 0 amide bonds. The standard InChI is InChI=1S/C15H29N3/c1-4-6-7-8-9-10-14(16-11-5-2)15-17-12-13-18(15)3/h12-14,16H,4-11H2,1-3H3. The number of unbranched alkanes of at least 4 members (excludes halogenated alkanes) is 4. The van der Waals surface area contributed by atoms with Gasteiger partial charge in [0.25, 0.3) is 0 Å². The van der Waals surface area contributed by atoms with Gasteiger partial charge in [-0.25, -0.2) is 4.98 Å². The van der Waals surface area contributed by atoms with E-state index in [1.165, 1.54) is 50.8 Å². The summed E-state index contributed by atoms with van der Waals surface area (Å²) in [5, 5.41) is 3.62. The number of imidazole rings is 1. The van der Waals surface area contributed by atoms with E-state index in [1.54, 1.807) is 0 Å². The molecular formula is C15H29N3. The van der Waals surface area contributed by atoms with Crippen molar-refractivity contribution in [1.29, 1.82) is 0 Å². The first-order valence-corrected chi connectivity index (χ1v) is 7.50. The topological polar surface area (TPSA) is 29.9 Å². The maximum atomic E-state index is 4.48. The molecule has 0 fully saturated rings. The molecule has 3 nitrogen and oxygen atoms in total. The third-order valence-electron chi connectivity index (χ3n) is 3.41. The van der Waals surface area contributed by atoms with Crippen molar-refractivity contribution in [2.24, 2.45) is 7.05 Å². The number of rotatable bonds is 10. The van der Waals surface area contributed by atoms with E-state index < -0.39 is 0 Å². The van der Waals surface area contributed by atoms with Gasteiger partial charge in [0.15, 0.2) is 0 Å². The van der Waals surface area contributed by atoms with Gasteiger partial charge < -0.3 is 9.88 Å². The van der Waals surface area contributed by atoms with E-state index in [0.29, 0.717) is 6.04 Å². The summed E-state index contributed by atoms with van der Waals surface area (Å²) in [6.45, 7) is 5.55. The Morgan fingerprint density at radius 1 is 1.17 bits per heavy atom. The van der Waals surface area contributed by atoms with Gasteiger partial charge in [0.1, 0.15) is 5.82 Å². The minimum atomic E-state index is 0.423. The van der Waals surface area contributed by atoms with Gasteiger partial charge in [-0.05, 0) is 19.4 Å². The molecule has 18 heavy (non-hydrogen) atoms. The van der Waals surface area contributed by atoms with Crippen molar-refractivity contribution < 1.29 is 0 Å². The summed E-state index contributed by atoms with van der Waals surface area (Å²) in [7, 11) is 2.08. The van der Waals surface area contributed by atoms with Crippen LogP contribution in [0, 0.1) is 0 Å². The van der Waals surface area contributed by atoms with E-state index in [9.17, 15) is 0 Å². The van der Waals surface area contributed by atoms with Crippen molar-refractivity contribution in [3.05, 3.63) is 18.2 Å². The summed E-state index contributed by atoms with van der Waals surface area (Å²) in [6.07, 6.45) is 13.0. The van der Waals surface area contributed by atoms with Gasteiger partial charge in [0, 0.05) is 19.4 Å². The van der Waals surface area contributed by atoms with Crippen LogP contribution < -0.4 is 5.32 Å². The minimum Gasteiger partial charge on any atom is -0.337 e. The maximum absolute atomic E-state index is 4.48. The molecule has 1 heterocycles. The predicted molar refractivity (Wildman–Crippen MR) is 77.6 cm³/mol. The molecule has 1 aromatic heterocycles. The van der Waals surface area contributed by atoms with E-state index in [0.717, 1.165) is 6.54 Å². The second-order valence-electron chi connectivity index (χ2n) is 5.11. The Kier molecular flexibility index (Phi) is 7.74. The van der Waals surface area contributed by atoms with Gasteiger partial charge in [-0.2, -0.15) is 0 Å². The Bertz CT molecular complexity index is 306. The fourth-order valence-corrected chi connectivity index (χ4v) is 2.31. The number of nitrogens with one attached hydrogen (secondary N) is 1. The summed E-state index contributed by atoms with van der Waals surface area (Å²) < 4.78 is 2.14. The molecule has 0 spiro atoms. The van der Waals surface area contributed by atoms with Crippen molar-refractivity contribution in [2.75, 3.05) is 6.54 Å². The van der Waals surface area contributed by atoms with E-state index in [4.69, 9.17) is 0 Å². The van der Waals surface area contributed by atoms with E-state index >= 15 is 0 Å². The molecule has 0 aromatic carbocycles. The van der Waals surface area contributed by atoms with Crippen LogP contribution in [0.5, 0.6) is 0 Å². The molecule has 0 radical (unpaired) electrons. The van der Waals surface area contributed by atoms with Crippen LogP contribution in [0.1, 0.15) is 70.7 Å². The van der Waals surface area contributed by atoms with Gasteiger partial charge in [0.05, 0.1) is 6.04 Å². The van der Waals surface area contributed by atoms with Crippen LogP contribution >= 0.6 is 0 Å². The van der Waals surface area contributed by atoms with Gasteiger partial charge in [-0.3, -0.25) is 0 Å². The number of hydrogen-bond acceptors (Lipinski definition) is 2. The zero-order chi connectivity index (χ0) is 13.2. The van der Waals surface area contributed by atoms with Gasteiger partial charge in [-0.1, -0.05) is 46.0 Å². The molecule has 1 N–H and O–H groups in total. The molecule has 0 aliphatic heterocycles. The minimum absolute atomic E-state index is 0.423. The molecule has 0 aliphatic carbocycles. The third kappa shape index (κ3) is 5.21. The van der Waals surface area contributed by atoms with E-state index in [2.05, 4.69) is 35.8 Å². The highest BCUT2D eigenvalue weighted by atomic mass is 15.1. The first-order valence-electron chi connectivity index (χ1n) is 7.50. The molecule has 1 aromatic rings. The number of aryl methyl sites for hydroxylation is 1. The van der Waals surface area contributed by atoms with Crippen LogP contribution in [0.3, 0.4) is 0 Å². The Hall–Kier alpha value is -0.830. The first-order chi connectivity index (χ1) is 8.79. The normalized spacial score (nSPS) is 12.8. The van der Waals surface area contributed by atoms with E-state index in [-0.39, 0.29) is 0 Å². The van der Waals surface area contributed by atoms with Crippen LogP contribution in [0.15, 0.2) is 12.4 Å². The number of aromatic nitrogens is 2. The monoisotopic (exact) mass is 251 g/mol. The average molecular weight is 251 g/mol. The molecule has 0 saturated carbocycles. The predicted octanol–water partition coefficient (Wildman–Crippen LogP) is 3.82. The maximum Gasteiger partial charge on any atom is 0.125 e. The lowest BCUT2D eigenvalue weighted by molar-refractivity contribution is 0.441. The largest absolute Gasteiger partial charge is 0.337 e. The highest BCUT2D eigenvalue weighted by Crippen LogP contribution is 2.18. The molecular weight excluding hydrogens is 222 g/mol. The van der Waals surface area contributed by atoms with Crippen LogP contribution in [0.4, 0.5) is 0 Å². The SMILES string of the molecule is CCCCCCCC(NCCC)c1nccn1C. The van der Waals surface area contributed by atoms with Crippen molar-refractivity contribution in [1.82, 2.24) is 14.9 Å². The quantitative estimate of drug-likeness (QED) is 0.641. The fourth-order valence-electron chi connectivity index (χ4n) is 2.31. The molecule has 1 unspecified atom stereocenters. The molecule has 104 valence electrons. The summed E-state index contributed by atoms with van der Waals surface area (Å²) in [5.74, 6) is 1.18. The van der Waals surface area contributed by atoms with Crippen molar-refractivity contribution in [2.45, 2.75) is 64.8 Å². The zero-order valence-corrected chi connectivity index (χ0v) is 12.3. The van der Waals surface area contributed by atoms with Gasteiger partial charge >= 0.3 is 0 Å². The highest BCUT2D eigenvalue weighted by Gasteiger charge is 2.14. The Labute approximate surface area is 112 Å². The molecule has 0 aliphatic rings. The highest BCUT2D eigenvalue weighted by molar-refractivity contribution is 4.98. The van der Waals surface area contributed by atoms with Crippen LogP contribution in [0.25, 0.3) is 0 Å². The molecule has 3 heteroatoms. The van der Waals surface area contributed by atoms with Gasteiger partial charge in [-0.15, -0.1) is 0 Å².